The first-order valence-corrected chi connectivity index (χ1v) is 11.8. The van der Waals surface area contributed by atoms with Gasteiger partial charge in [0.25, 0.3) is 0 Å². The van der Waals surface area contributed by atoms with E-state index in [4.69, 9.17) is 9.72 Å². The zero-order valence-corrected chi connectivity index (χ0v) is 19.8. The Morgan fingerprint density at radius 2 is 1.81 bits per heavy atom. The Hall–Kier alpha value is -2.82. The predicted molar refractivity (Wildman–Crippen MR) is 129 cm³/mol. The van der Waals surface area contributed by atoms with Crippen LogP contribution in [0, 0.1) is 0 Å². The van der Waals surface area contributed by atoms with Crippen molar-refractivity contribution in [2.75, 3.05) is 19.7 Å². The molecule has 5 nitrogen and oxygen atoms in total. The maximum Gasteiger partial charge on any atom is 0.223 e. The number of para-hydroxylation sites is 2. The quantitative estimate of drug-likeness (QED) is 0.439. The molecule has 4 rings (SSSR count). The van der Waals surface area contributed by atoms with Crippen molar-refractivity contribution in [3.05, 3.63) is 59.9 Å². The molecule has 1 aromatic heterocycles. The molecule has 1 saturated heterocycles. The number of likely N-dealkylation sites (tertiary alicyclic amines) is 1. The van der Waals surface area contributed by atoms with E-state index in [-0.39, 0.29) is 17.2 Å². The molecule has 1 unspecified atom stereocenters. The van der Waals surface area contributed by atoms with Gasteiger partial charge >= 0.3 is 0 Å². The van der Waals surface area contributed by atoms with Crippen LogP contribution >= 0.6 is 0 Å². The molecule has 170 valence electrons. The third kappa shape index (κ3) is 4.82. The van der Waals surface area contributed by atoms with Crippen molar-refractivity contribution in [1.29, 1.82) is 0 Å². The predicted octanol–water partition coefficient (Wildman–Crippen LogP) is 5.53. The lowest BCUT2D eigenvalue weighted by atomic mass is 9.87. The van der Waals surface area contributed by atoms with Crippen LogP contribution in [0.25, 0.3) is 11.0 Å². The Labute approximate surface area is 191 Å². The van der Waals surface area contributed by atoms with E-state index in [1.807, 2.05) is 17.9 Å². The van der Waals surface area contributed by atoms with Crippen LogP contribution in [0.3, 0.4) is 0 Å². The van der Waals surface area contributed by atoms with Crippen LogP contribution in [0.5, 0.6) is 5.75 Å². The summed E-state index contributed by atoms with van der Waals surface area (Å²) in [7, 11) is 0. The molecule has 1 aliphatic rings. The fraction of sp³-hybridized carbons (Fsp3) is 0.481. The van der Waals surface area contributed by atoms with Crippen molar-refractivity contribution >= 4 is 16.9 Å². The van der Waals surface area contributed by atoms with Crippen molar-refractivity contribution in [2.24, 2.45) is 0 Å². The van der Waals surface area contributed by atoms with Gasteiger partial charge < -0.3 is 14.2 Å². The number of fused-ring (bicyclic) bond motifs is 1. The lowest BCUT2D eigenvalue weighted by Crippen LogP contribution is -2.24. The largest absolute Gasteiger partial charge is 0.494 e. The molecule has 32 heavy (non-hydrogen) atoms. The van der Waals surface area contributed by atoms with Gasteiger partial charge in [0, 0.05) is 32.0 Å². The van der Waals surface area contributed by atoms with Crippen LogP contribution in [-0.4, -0.2) is 40.1 Å². The molecule has 0 N–H and O–H groups in total. The standard InChI is InChI=1S/C27H35N3O2/c1-5-29-19-20(18-25(29)31)26-28-23-10-6-7-11-24(23)30(26)16-8-9-17-32-22-14-12-21(13-15-22)27(2,3)4/h6-7,10-15,20H,5,8-9,16-19H2,1-4H3. The molecule has 1 atom stereocenters. The summed E-state index contributed by atoms with van der Waals surface area (Å²) in [5, 5.41) is 0. The average molecular weight is 434 g/mol. The summed E-state index contributed by atoms with van der Waals surface area (Å²) in [6, 6.07) is 16.7. The van der Waals surface area contributed by atoms with Gasteiger partial charge in [0.05, 0.1) is 17.6 Å². The normalized spacial score (nSPS) is 16.8. The molecule has 2 heterocycles. The van der Waals surface area contributed by atoms with E-state index < -0.39 is 0 Å². The van der Waals surface area contributed by atoms with E-state index in [0.717, 1.165) is 55.1 Å². The minimum atomic E-state index is 0.155. The zero-order chi connectivity index (χ0) is 22.7. The van der Waals surface area contributed by atoms with Gasteiger partial charge in [0.15, 0.2) is 0 Å². The first-order chi connectivity index (χ1) is 15.4. The topological polar surface area (TPSA) is 47.4 Å². The Morgan fingerprint density at radius 1 is 1.06 bits per heavy atom. The number of likely N-dealkylation sites (N-methyl/N-ethyl adjacent to an activating group) is 1. The van der Waals surface area contributed by atoms with Gasteiger partial charge in [-0.1, -0.05) is 45.0 Å². The molecule has 0 radical (unpaired) electrons. The number of unbranched alkanes of at least 4 members (excludes halogenated alkanes) is 1. The molecule has 0 aliphatic carbocycles. The number of ether oxygens (including phenoxy) is 1. The second-order valence-corrected chi connectivity index (χ2v) is 9.77. The highest BCUT2D eigenvalue weighted by Crippen LogP contribution is 2.30. The van der Waals surface area contributed by atoms with E-state index in [1.165, 1.54) is 5.56 Å². The van der Waals surface area contributed by atoms with Crippen molar-refractivity contribution in [3.8, 4) is 5.75 Å². The molecule has 2 aromatic carbocycles. The van der Waals surface area contributed by atoms with Crippen LogP contribution in [0.2, 0.25) is 0 Å². The lowest BCUT2D eigenvalue weighted by molar-refractivity contribution is -0.127. The minimum Gasteiger partial charge on any atom is -0.494 e. The fourth-order valence-electron chi connectivity index (χ4n) is 4.50. The monoisotopic (exact) mass is 433 g/mol. The number of amides is 1. The third-order valence-electron chi connectivity index (χ3n) is 6.41. The van der Waals surface area contributed by atoms with Gasteiger partial charge in [-0.3, -0.25) is 4.79 Å². The molecule has 3 aromatic rings. The molecule has 5 heteroatoms. The maximum atomic E-state index is 12.3. The first kappa shape index (κ1) is 22.4. The van der Waals surface area contributed by atoms with Gasteiger partial charge in [-0.25, -0.2) is 4.98 Å². The maximum absolute atomic E-state index is 12.3. The van der Waals surface area contributed by atoms with Crippen molar-refractivity contribution in [1.82, 2.24) is 14.5 Å². The molecule has 1 fully saturated rings. The third-order valence-corrected chi connectivity index (χ3v) is 6.41. The number of imidazole rings is 1. The minimum absolute atomic E-state index is 0.155. The number of benzene rings is 2. The second kappa shape index (κ2) is 9.35. The number of nitrogens with zero attached hydrogens (tertiary/aromatic N) is 3. The smallest absolute Gasteiger partial charge is 0.223 e. The zero-order valence-electron chi connectivity index (χ0n) is 19.8. The average Bonchev–Trinajstić information content (AvgIpc) is 3.33. The summed E-state index contributed by atoms with van der Waals surface area (Å²) in [6.07, 6.45) is 2.54. The van der Waals surface area contributed by atoms with E-state index in [0.29, 0.717) is 13.0 Å². The number of rotatable bonds is 8. The van der Waals surface area contributed by atoms with Crippen LogP contribution in [0.1, 0.15) is 64.3 Å². The van der Waals surface area contributed by atoms with Crippen molar-refractivity contribution in [3.63, 3.8) is 0 Å². The number of aryl methyl sites for hydroxylation is 1. The van der Waals surface area contributed by atoms with E-state index >= 15 is 0 Å². The fourth-order valence-corrected chi connectivity index (χ4v) is 4.50. The van der Waals surface area contributed by atoms with Gasteiger partial charge in [0.1, 0.15) is 11.6 Å². The molecule has 1 amide bonds. The van der Waals surface area contributed by atoms with E-state index in [2.05, 4.69) is 67.8 Å². The van der Waals surface area contributed by atoms with Crippen LogP contribution in [0.15, 0.2) is 48.5 Å². The summed E-state index contributed by atoms with van der Waals surface area (Å²) in [5.41, 5.74) is 3.64. The number of hydrogen-bond donors (Lipinski definition) is 0. The van der Waals surface area contributed by atoms with Gasteiger partial charge in [-0.05, 0) is 55.0 Å². The molecular weight excluding hydrogens is 398 g/mol. The van der Waals surface area contributed by atoms with Gasteiger partial charge in [0.2, 0.25) is 5.91 Å². The summed E-state index contributed by atoms with van der Waals surface area (Å²) >= 11 is 0. The van der Waals surface area contributed by atoms with Crippen molar-refractivity contribution in [2.45, 2.75) is 64.8 Å². The highest BCUT2D eigenvalue weighted by atomic mass is 16.5. The Kier molecular flexibility index (Phi) is 6.54. The van der Waals surface area contributed by atoms with Crippen LogP contribution in [0.4, 0.5) is 0 Å². The van der Waals surface area contributed by atoms with E-state index in [9.17, 15) is 4.79 Å². The van der Waals surface area contributed by atoms with Gasteiger partial charge in [-0.15, -0.1) is 0 Å². The SMILES string of the molecule is CCN1CC(c2nc3ccccc3n2CCCCOc2ccc(C(C)(C)C)cc2)CC1=O. The summed E-state index contributed by atoms with van der Waals surface area (Å²) < 4.78 is 8.30. The number of aromatic nitrogens is 2. The molecule has 0 bridgehead atoms. The number of carbonyl (C=O) groups is 1. The molecule has 0 spiro atoms. The highest BCUT2D eigenvalue weighted by Gasteiger charge is 2.33. The van der Waals surface area contributed by atoms with E-state index in [1.54, 1.807) is 0 Å². The molecule has 1 aliphatic heterocycles. The first-order valence-electron chi connectivity index (χ1n) is 11.8. The van der Waals surface area contributed by atoms with Crippen molar-refractivity contribution < 1.29 is 9.53 Å². The Balaban J connectivity index is 1.37. The number of hydrogen-bond acceptors (Lipinski definition) is 3. The highest BCUT2D eigenvalue weighted by molar-refractivity contribution is 5.80. The molecular formula is C27H35N3O2. The number of carbonyl (C=O) groups excluding carboxylic acids is 1. The van der Waals surface area contributed by atoms with Crippen LogP contribution < -0.4 is 4.74 Å². The van der Waals surface area contributed by atoms with Crippen LogP contribution in [-0.2, 0) is 16.8 Å². The second-order valence-electron chi connectivity index (χ2n) is 9.77. The Morgan fingerprint density at radius 3 is 2.50 bits per heavy atom. The Bertz CT molecular complexity index is 1060. The van der Waals surface area contributed by atoms with Gasteiger partial charge in [-0.2, -0.15) is 0 Å². The summed E-state index contributed by atoms with van der Waals surface area (Å²) in [6.45, 7) is 11.8. The summed E-state index contributed by atoms with van der Waals surface area (Å²) in [5.74, 6) is 2.39. The lowest BCUT2D eigenvalue weighted by Gasteiger charge is -2.19. The molecule has 0 saturated carbocycles. The summed E-state index contributed by atoms with van der Waals surface area (Å²) in [4.78, 5) is 19.2.